The Bertz CT molecular complexity index is 966. The number of nitrogens with two attached hydrogens (primary N) is 2. The maximum atomic E-state index is 13.4. The van der Waals surface area contributed by atoms with E-state index in [0.29, 0.717) is 18.4 Å². The molecule has 0 saturated carbocycles. The van der Waals surface area contributed by atoms with E-state index >= 15 is 0 Å². The molecule has 4 atom stereocenters. The molecule has 2 rings (SSSR count). The molecule has 36 heavy (non-hydrogen) atoms. The fourth-order valence-electron chi connectivity index (χ4n) is 4.07. The van der Waals surface area contributed by atoms with Gasteiger partial charge in [0.2, 0.25) is 23.6 Å². The van der Waals surface area contributed by atoms with Crippen molar-refractivity contribution >= 4 is 29.6 Å². The van der Waals surface area contributed by atoms with Crippen molar-refractivity contribution in [1.29, 1.82) is 0 Å². The summed E-state index contributed by atoms with van der Waals surface area (Å²) in [6.07, 6.45) is 0.728. The van der Waals surface area contributed by atoms with Crippen LogP contribution in [-0.4, -0.2) is 75.4 Å². The number of phenols is 1. The van der Waals surface area contributed by atoms with Crippen LogP contribution in [0.2, 0.25) is 0 Å². The maximum absolute atomic E-state index is 13.4. The summed E-state index contributed by atoms with van der Waals surface area (Å²) in [6, 6.07) is 1.98. The number of carbonyl (C=O) groups excluding carboxylic acids is 4. The number of nitrogens with one attached hydrogen (secondary N) is 2. The van der Waals surface area contributed by atoms with Gasteiger partial charge in [0.05, 0.1) is 6.04 Å². The third-order valence-electron chi connectivity index (χ3n) is 6.09. The molecule has 1 aromatic rings. The van der Waals surface area contributed by atoms with Crippen molar-refractivity contribution < 1.29 is 34.2 Å². The van der Waals surface area contributed by atoms with Gasteiger partial charge in [-0.25, -0.2) is 4.79 Å². The first-order chi connectivity index (χ1) is 16.9. The number of primary amides is 1. The normalized spacial score (nSPS) is 17.8. The molecular weight excluding hydrogens is 470 g/mol. The van der Waals surface area contributed by atoms with E-state index < -0.39 is 53.8 Å². The molecule has 1 saturated heterocycles. The highest BCUT2D eigenvalue weighted by Gasteiger charge is 2.39. The van der Waals surface area contributed by atoms with Crippen molar-refractivity contribution in [1.82, 2.24) is 15.5 Å². The molecule has 0 spiro atoms. The number of carboxylic acids is 1. The number of hydrogen-bond donors (Lipinski definition) is 6. The van der Waals surface area contributed by atoms with E-state index in [2.05, 4.69) is 10.6 Å². The Morgan fingerprint density at radius 3 is 2.31 bits per heavy atom. The molecule has 12 nitrogen and oxygen atoms in total. The highest BCUT2D eigenvalue weighted by Crippen LogP contribution is 2.20. The molecule has 1 heterocycles. The molecule has 0 bridgehead atoms. The number of rotatable bonds is 12. The van der Waals surface area contributed by atoms with Crippen molar-refractivity contribution in [2.75, 3.05) is 6.54 Å². The minimum Gasteiger partial charge on any atom is -0.508 e. The molecule has 4 unspecified atom stereocenters. The van der Waals surface area contributed by atoms with E-state index in [1.54, 1.807) is 26.0 Å². The quantitative estimate of drug-likeness (QED) is 0.212. The van der Waals surface area contributed by atoms with E-state index in [4.69, 9.17) is 11.5 Å². The summed E-state index contributed by atoms with van der Waals surface area (Å²) in [5.74, 6) is -3.93. The number of aromatic hydroxyl groups is 1. The number of carbonyl (C=O) groups is 5. The summed E-state index contributed by atoms with van der Waals surface area (Å²) < 4.78 is 0. The zero-order valence-corrected chi connectivity index (χ0v) is 20.5. The molecule has 1 aliphatic rings. The molecular formula is C24H35N5O7. The lowest BCUT2D eigenvalue weighted by Crippen LogP contribution is -2.57. The van der Waals surface area contributed by atoms with Gasteiger partial charge < -0.3 is 37.2 Å². The number of nitrogens with zero attached hydrogens (tertiary/aromatic N) is 1. The Hall–Kier alpha value is -3.67. The largest absolute Gasteiger partial charge is 0.508 e. The Morgan fingerprint density at radius 2 is 1.75 bits per heavy atom. The summed E-state index contributed by atoms with van der Waals surface area (Å²) in [5.41, 5.74) is 12.0. The van der Waals surface area contributed by atoms with E-state index in [9.17, 15) is 34.2 Å². The first kappa shape index (κ1) is 28.6. The van der Waals surface area contributed by atoms with Crippen molar-refractivity contribution in [3.63, 3.8) is 0 Å². The van der Waals surface area contributed by atoms with Crippen molar-refractivity contribution in [3.8, 4) is 5.75 Å². The van der Waals surface area contributed by atoms with Gasteiger partial charge in [0, 0.05) is 13.0 Å². The van der Waals surface area contributed by atoms with Crippen LogP contribution in [0.1, 0.15) is 45.1 Å². The van der Waals surface area contributed by atoms with Gasteiger partial charge in [-0.3, -0.25) is 19.2 Å². The van der Waals surface area contributed by atoms with Crippen LogP contribution in [0.3, 0.4) is 0 Å². The van der Waals surface area contributed by atoms with E-state index in [1.807, 2.05) is 0 Å². The van der Waals surface area contributed by atoms with Crippen molar-refractivity contribution in [2.45, 2.75) is 70.1 Å². The molecule has 198 valence electrons. The first-order valence-electron chi connectivity index (χ1n) is 11.9. The van der Waals surface area contributed by atoms with Crippen LogP contribution in [0.4, 0.5) is 0 Å². The van der Waals surface area contributed by atoms with Gasteiger partial charge in [-0.15, -0.1) is 0 Å². The second-order valence-electron chi connectivity index (χ2n) is 9.30. The Labute approximate surface area is 209 Å². The highest BCUT2D eigenvalue weighted by molar-refractivity contribution is 5.94. The van der Waals surface area contributed by atoms with E-state index in [0.717, 1.165) is 0 Å². The summed E-state index contributed by atoms with van der Waals surface area (Å²) >= 11 is 0. The van der Waals surface area contributed by atoms with Gasteiger partial charge in [0.1, 0.15) is 23.9 Å². The minimum absolute atomic E-state index is 0.0705. The smallest absolute Gasteiger partial charge is 0.326 e. The average Bonchev–Trinajstić information content (AvgIpc) is 3.30. The third-order valence-corrected chi connectivity index (χ3v) is 6.09. The number of carboxylic acid groups (broad SMARTS) is 1. The SMILES string of the molecule is CC(C)C(NC(=O)C1CCCN1C(=O)C(CCC(N)=O)NC(=O)C(N)Cc1ccc(O)cc1)C(=O)O. The van der Waals surface area contributed by atoms with Crippen LogP contribution in [0.15, 0.2) is 24.3 Å². The van der Waals surface area contributed by atoms with Crippen LogP contribution < -0.4 is 22.1 Å². The predicted octanol–water partition coefficient (Wildman–Crippen LogP) is -0.771. The summed E-state index contributed by atoms with van der Waals surface area (Å²) in [6.45, 7) is 3.56. The van der Waals surface area contributed by atoms with Crippen LogP contribution in [0.25, 0.3) is 0 Å². The number of likely N-dealkylation sites (tertiary alicyclic amines) is 1. The lowest BCUT2D eigenvalue weighted by atomic mass is 10.0. The van der Waals surface area contributed by atoms with Gasteiger partial charge in [-0.05, 0) is 49.3 Å². The van der Waals surface area contributed by atoms with Crippen LogP contribution >= 0.6 is 0 Å². The van der Waals surface area contributed by atoms with Gasteiger partial charge in [0.25, 0.3) is 0 Å². The van der Waals surface area contributed by atoms with Crippen molar-refractivity contribution in [3.05, 3.63) is 29.8 Å². The Balaban J connectivity index is 2.13. The lowest BCUT2D eigenvalue weighted by molar-refractivity contribution is -0.145. The molecule has 0 aliphatic carbocycles. The second kappa shape index (κ2) is 12.9. The lowest BCUT2D eigenvalue weighted by Gasteiger charge is -2.30. The number of hydrogen-bond acceptors (Lipinski definition) is 7. The van der Waals surface area contributed by atoms with Gasteiger partial charge >= 0.3 is 5.97 Å². The zero-order valence-electron chi connectivity index (χ0n) is 20.5. The Kier molecular flexibility index (Phi) is 10.2. The molecule has 4 amide bonds. The minimum atomic E-state index is -1.18. The summed E-state index contributed by atoms with van der Waals surface area (Å²) in [5, 5.41) is 23.9. The number of benzene rings is 1. The van der Waals surface area contributed by atoms with Crippen LogP contribution in [0.5, 0.6) is 5.75 Å². The maximum Gasteiger partial charge on any atom is 0.326 e. The number of amides is 4. The average molecular weight is 506 g/mol. The molecule has 12 heteroatoms. The van der Waals surface area contributed by atoms with Crippen LogP contribution in [-0.2, 0) is 30.4 Å². The fraction of sp³-hybridized carbons (Fsp3) is 0.542. The van der Waals surface area contributed by atoms with E-state index in [-0.39, 0.29) is 37.5 Å². The number of aliphatic carboxylic acids is 1. The summed E-state index contributed by atoms with van der Waals surface area (Å²) in [4.78, 5) is 63.2. The molecule has 0 aromatic heterocycles. The second-order valence-corrected chi connectivity index (χ2v) is 9.30. The first-order valence-corrected chi connectivity index (χ1v) is 11.9. The van der Waals surface area contributed by atoms with Crippen LogP contribution in [0, 0.1) is 5.92 Å². The van der Waals surface area contributed by atoms with Gasteiger partial charge in [0.15, 0.2) is 0 Å². The van der Waals surface area contributed by atoms with Gasteiger partial charge in [-0.1, -0.05) is 26.0 Å². The Morgan fingerprint density at radius 1 is 1.11 bits per heavy atom. The fourth-order valence-corrected chi connectivity index (χ4v) is 4.07. The molecule has 1 fully saturated rings. The third kappa shape index (κ3) is 7.94. The molecule has 1 aliphatic heterocycles. The zero-order chi connectivity index (χ0) is 27.0. The van der Waals surface area contributed by atoms with Gasteiger partial charge in [-0.2, -0.15) is 0 Å². The summed E-state index contributed by atoms with van der Waals surface area (Å²) in [7, 11) is 0. The topological polar surface area (TPSA) is 205 Å². The number of phenolic OH excluding ortho intramolecular Hbond substituents is 1. The predicted molar refractivity (Wildman–Crippen MR) is 129 cm³/mol. The molecule has 1 aromatic carbocycles. The standard InChI is InChI=1S/C24H35N5O7/c1-13(2)20(24(35)36)28-22(33)18-4-3-11-29(18)23(34)17(9-10-19(26)31)27-21(32)16(25)12-14-5-7-15(30)8-6-14/h5-8,13,16-18,20,30H,3-4,9-12,25H2,1-2H3,(H2,26,31)(H,27,32)(H,28,33)(H,35,36). The van der Waals surface area contributed by atoms with Crippen molar-refractivity contribution in [2.24, 2.45) is 17.4 Å². The molecule has 0 radical (unpaired) electrons. The highest BCUT2D eigenvalue weighted by atomic mass is 16.4. The monoisotopic (exact) mass is 505 g/mol. The molecule has 8 N–H and O–H groups in total. The van der Waals surface area contributed by atoms with E-state index in [1.165, 1.54) is 17.0 Å².